The molecule has 0 radical (unpaired) electrons. The number of ether oxygens (including phenoxy) is 1. The normalized spacial score (nSPS) is 9.62. The summed E-state index contributed by atoms with van der Waals surface area (Å²) in [5.74, 6) is 6.04. The first-order chi connectivity index (χ1) is 10.3. The molecular weight excluding hydrogens is 286 g/mol. The molecule has 0 saturated heterocycles. The Morgan fingerprint density at radius 1 is 1.52 bits per heavy atom. The van der Waals surface area contributed by atoms with E-state index in [9.17, 15) is 4.79 Å². The second-order valence-electron chi connectivity index (χ2n) is 4.02. The molecule has 0 saturated carbocycles. The summed E-state index contributed by atoms with van der Waals surface area (Å²) in [6, 6.07) is 3.54. The summed E-state index contributed by atoms with van der Waals surface area (Å²) in [5.41, 5.74) is 6.72. The third-order valence-corrected chi connectivity index (χ3v) is 3.65. The Balaban J connectivity index is 2.06. The highest BCUT2D eigenvalue weighted by molar-refractivity contribution is 7.10. The number of hydrogen-bond acceptors (Lipinski definition) is 5. The van der Waals surface area contributed by atoms with Crippen LogP contribution < -0.4 is 15.8 Å². The highest BCUT2D eigenvalue weighted by atomic mass is 32.1. The lowest BCUT2D eigenvalue weighted by atomic mass is 10.2. The number of thiophene rings is 1. The lowest BCUT2D eigenvalue weighted by Crippen LogP contribution is -2.23. The number of methoxy groups -OCH3 is 1. The summed E-state index contributed by atoms with van der Waals surface area (Å²) in [6.45, 7) is 0.729. The molecule has 0 fully saturated rings. The maximum absolute atomic E-state index is 12.2. The second kappa shape index (κ2) is 7.43. The van der Waals surface area contributed by atoms with E-state index in [1.165, 1.54) is 13.3 Å². The third-order valence-electron chi connectivity index (χ3n) is 2.73. The number of hydrogen-bond donors (Lipinski definition) is 2. The Kier molecular flexibility index (Phi) is 5.32. The Morgan fingerprint density at radius 2 is 2.38 bits per heavy atom. The molecule has 0 unspecified atom stereocenters. The van der Waals surface area contributed by atoms with E-state index in [0.29, 0.717) is 24.4 Å². The van der Waals surface area contributed by atoms with Gasteiger partial charge >= 0.3 is 0 Å². The number of nitrogens with zero attached hydrogens (tertiary/aromatic N) is 1. The smallest absolute Gasteiger partial charge is 0.255 e. The van der Waals surface area contributed by atoms with E-state index in [4.69, 9.17) is 10.5 Å². The number of carbonyl (C=O) groups excluding carboxylic acids is 1. The van der Waals surface area contributed by atoms with Crippen LogP contribution in [0, 0.1) is 11.8 Å². The topological polar surface area (TPSA) is 77.2 Å². The Morgan fingerprint density at radius 3 is 3.14 bits per heavy atom. The van der Waals surface area contributed by atoms with Gasteiger partial charge in [-0.05, 0) is 17.5 Å². The molecule has 0 atom stereocenters. The number of nitrogens with two attached hydrogens (primary N) is 1. The van der Waals surface area contributed by atoms with Gasteiger partial charge in [0.1, 0.15) is 5.75 Å². The predicted molar refractivity (Wildman–Crippen MR) is 82.2 cm³/mol. The molecule has 5 nitrogen and oxygen atoms in total. The van der Waals surface area contributed by atoms with E-state index in [0.717, 1.165) is 10.4 Å². The van der Waals surface area contributed by atoms with Gasteiger partial charge in [-0.2, -0.15) is 0 Å². The maximum Gasteiger partial charge on any atom is 0.255 e. The first-order valence-electron chi connectivity index (χ1n) is 6.27. The summed E-state index contributed by atoms with van der Waals surface area (Å²) in [6.07, 6.45) is 3.07. The number of amides is 1. The predicted octanol–water partition coefficient (Wildman–Crippen LogP) is 1.39. The van der Waals surface area contributed by atoms with Gasteiger partial charge in [-0.15, -0.1) is 11.3 Å². The minimum absolute atomic E-state index is 0.208. The molecule has 2 heterocycles. The van der Waals surface area contributed by atoms with E-state index < -0.39 is 0 Å². The van der Waals surface area contributed by atoms with Gasteiger partial charge < -0.3 is 15.8 Å². The van der Waals surface area contributed by atoms with Gasteiger partial charge in [0.25, 0.3) is 5.91 Å². The summed E-state index contributed by atoms with van der Waals surface area (Å²) in [4.78, 5) is 17.1. The highest BCUT2D eigenvalue weighted by Gasteiger charge is 2.12. The molecule has 0 aliphatic heterocycles. The van der Waals surface area contributed by atoms with Crippen molar-refractivity contribution in [3.63, 3.8) is 0 Å². The molecular formula is C15H15N3O2S. The quantitative estimate of drug-likeness (QED) is 0.837. The molecule has 21 heavy (non-hydrogen) atoms. The second-order valence-corrected chi connectivity index (χ2v) is 5.02. The summed E-state index contributed by atoms with van der Waals surface area (Å²) < 4.78 is 5.12. The molecule has 6 heteroatoms. The van der Waals surface area contributed by atoms with Gasteiger partial charge in [0, 0.05) is 16.6 Å². The van der Waals surface area contributed by atoms with Crippen LogP contribution >= 0.6 is 11.3 Å². The zero-order chi connectivity index (χ0) is 15.1. The van der Waals surface area contributed by atoms with Gasteiger partial charge in [-0.3, -0.25) is 9.78 Å². The SMILES string of the molecule is COc1cnccc1C(=O)NCc1sccc1C#CCN. The first kappa shape index (κ1) is 15.0. The fourth-order valence-corrected chi connectivity index (χ4v) is 2.49. The van der Waals surface area contributed by atoms with Crippen LogP contribution in [0.4, 0.5) is 0 Å². The van der Waals surface area contributed by atoms with E-state index in [-0.39, 0.29) is 5.91 Å². The monoisotopic (exact) mass is 301 g/mol. The molecule has 0 aliphatic rings. The third kappa shape index (κ3) is 3.81. The number of pyridine rings is 1. The van der Waals surface area contributed by atoms with Gasteiger partial charge in [0.05, 0.1) is 32.0 Å². The molecule has 0 spiro atoms. The van der Waals surface area contributed by atoms with Gasteiger partial charge in [0.2, 0.25) is 0 Å². The molecule has 3 N–H and O–H groups in total. The molecule has 108 valence electrons. The van der Waals surface area contributed by atoms with Crippen LogP contribution in [0.25, 0.3) is 0 Å². The number of aromatic nitrogens is 1. The van der Waals surface area contributed by atoms with Crippen molar-refractivity contribution in [1.82, 2.24) is 10.3 Å². The van der Waals surface area contributed by atoms with E-state index >= 15 is 0 Å². The number of rotatable bonds is 4. The van der Waals surface area contributed by atoms with Crippen molar-refractivity contribution in [2.75, 3.05) is 13.7 Å². The molecule has 2 aromatic rings. The fourth-order valence-electron chi connectivity index (χ4n) is 1.72. The van der Waals surface area contributed by atoms with Crippen LogP contribution in [0.1, 0.15) is 20.8 Å². The number of carbonyl (C=O) groups is 1. The van der Waals surface area contributed by atoms with Crippen LogP contribution in [-0.2, 0) is 6.54 Å². The molecule has 0 aliphatic carbocycles. The Bertz CT molecular complexity index is 685. The molecule has 0 bridgehead atoms. The Labute approximate surface area is 127 Å². The zero-order valence-electron chi connectivity index (χ0n) is 11.6. The van der Waals surface area contributed by atoms with Crippen molar-refractivity contribution in [1.29, 1.82) is 0 Å². The minimum Gasteiger partial charge on any atom is -0.494 e. The van der Waals surface area contributed by atoms with E-state index in [2.05, 4.69) is 22.1 Å². The lowest BCUT2D eigenvalue weighted by molar-refractivity contribution is 0.0948. The molecule has 1 amide bonds. The average Bonchev–Trinajstić information content (AvgIpc) is 2.97. The van der Waals surface area contributed by atoms with Crippen molar-refractivity contribution in [3.05, 3.63) is 45.9 Å². The molecule has 2 rings (SSSR count). The van der Waals surface area contributed by atoms with E-state index in [1.807, 2.05) is 11.4 Å². The Hall–Kier alpha value is -2.36. The van der Waals surface area contributed by atoms with Crippen LogP contribution in [0.5, 0.6) is 5.75 Å². The molecule has 2 aromatic heterocycles. The van der Waals surface area contributed by atoms with Gasteiger partial charge in [0.15, 0.2) is 0 Å². The highest BCUT2D eigenvalue weighted by Crippen LogP contribution is 2.18. The van der Waals surface area contributed by atoms with Crippen LogP contribution in [0.2, 0.25) is 0 Å². The zero-order valence-corrected chi connectivity index (χ0v) is 12.4. The first-order valence-corrected chi connectivity index (χ1v) is 7.15. The van der Waals surface area contributed by atoms with Crippen molar-refractivity contribution in [3.8, 4) is 17.6 Å². The van der Waals surface area contributed by atoms with Gasteiger partial charge in [-0.25, -0.2) is 0 Å². The number of nitrogens with one attached hydrogen (secondary N) is 1. The minimum atomic E-state index is -0.208. The van der Waals surface area contributed by atoms with Crippen molar-refractivity contribution >= 4 is 17.2 Å². The standard InChI is InChI=1S/C15H15N3O2S/c1-20-13-9-17-7-4-12(13)15(19)18-10-14-11(3-2-6-16)5-8-21-14/h4-5,7-9H,6,10,16H2,1H3,(H,18,19). The van der Waals surface area contributed by atoms with Gasteiger partial charge in [-0.1, -0.05) is 11.8 Å². The van der Waals surface area contributed by atoms with Crippen molar-refractivity contribution < 1.29 is 9.53 Å². The average molecular weight is 301 g/mol. The summed E-state index contributed by atoms with van der Waals surface area (Å²) >= 11 is 1.55. The van der Waals surface area contributed by atoms with E-state index in [1.54, 1.807) is 23.6 Å². The summed E-state index contributed by atoms with van der Waals surface area (Å²) in [7, 11) is 1.51. The largest absolute Gasteiger partial charge is 0.494 e. The van der Waals surface area contributed by atoms with Crippen molar-refractivity contribution in [2.24, 2.45) is 5.73 Å². The van der Waals surface area contributed by atoms with Crippen molar-refractivity contribution in [2.45, 2.75) is 6.54 Å². The summed E-state index contributed by atoms with van der Waals surface area (Å²) in [5, 5.41) is 4.80. The fraction of sp³-hybridized carbons (Fsp3) is 0.200. The lowest BCUT2D eigenvalue weighted by Gasteiger charge is -2.08. The maximum atomic E-state index is 12.2. The van der Waals surface area contributed by atoms with Crippen LogP contribution in [-0.4, -0.2) is 24.5 Å². The van der Waals surface area contributed by atoms with Crippen LogP contribution in [0.3, 0.4) is 0 Å². The molecule has 0 aromatic carbocycles. The van der Waals surface area contributed by atoms with Crippen LogP contribution in [0.15, 0.2) is 29.9 Å².